The molecule has 1 aromatic rings. The molecule has 1 rings (SSSR count). The average Bonchev–Trinajstić information content (AvgIpc) is 2.38. The van der Waals surface area contributed by atoms with E-state index in [-0.39, 0.29) is 11.9 Å². The third kappa shape index (κ3) is 3.92. The topological polar surface area (TPSA) is 48.5 Å². The predicted octanol–water partition coefficient (Wildman–Crippen LogP) is 1.54. The third-order valence-electron chi connectivity index (χ3n) is 3.08. The molecule has 0 aliphatic heterocycles. The van der Waals surface area contributed by atoms with Gasteiger partial charge < -0.3 is 15.1 Å². The fraction of sp³-hybridized carbons (Fsp3) is 0.571. The lowest BCUT2D eigenvalue weighted by Crippen LogP contribution is -2.43. The van der Waals surface area contributed by atoms with Crippen LogP contribution in [-0.2, 0) is 0 Å². The number of hydrogen-bond donors (Lipinski definition) is 1. The van der Waals surface area contributed by atoms with Crippen LogP contribution in [0.2, 0.25) is 0 Å². The van der Waals surface area contributed by atoms with Crippen molar-refractivity contribution in [2.45, 2.75) is 19.9 Å². The first kappa shape index (κ1) is 15.4. The first-order valence-electron chi connectivity index (χ1n) is 6.58. The van der Waals surface area contributed by atoms with Gasteiger partial charge in [0.25, 0.3) is 5.91 Å². The molecule has 1 amide bonds. The van der Waals surface area contributed by atoms with Crippen LogP contribution in [0.3, 0.4) is 0 Å². The lowest BCUT2D eigenvalue weighted by atomic mass is 10.1. The highest BCUT2D eigenvalue weighted by Crippen LogP contribution is 2.16. The van der Waals surface area contributed by atoms with Gasteiger partial charge in [-0.15, -0.1) is 0 Å². The van der Waals surface area contributed by atoms with E-state index in [2.05, 4.69) is 22.1 Å². The highest BCUT2D eigenvalue weighted by molar-refractivity contribution is 5.99. The minimum atomic E-state index is 0.0450. The quantitative estimate of drug-likeness (QED) is 0.846. The van der Waals surface area contributed by atoms with Crippen LogP contribution in [0.5, 0.6) is 0 Å². The maximum Gasteiger partial charge on any atom is 0.256 e. The Hall–Kier alpha value is -1.62. The smallest absolute Gasteiger partial charge is 0.256 e. The standard InChI is InChI=1S/C14H24N4O/c1-6-18(11(2)10-17(4)5)14(19)12-7-8-16-9-13(12)15-3/h7-9,11,15H,6,10H2,1-5H3. The first-order valence-corrected chi connectivity index (χ1v) is 6.58. The summed E-state index contributed by atoms with van der Waals surface area (Å²) in [5, 5.41) is 3.01. The summed E-state index contributed by atoms with van der Waals surface area (Å²) >= 11 is 0. The number of likely N-dealkylation sites (N-methyl/N-ethyl adjacent to an activating group) is 2. The molecule has 5 nitrogen and oxygen atoms in total. The summed E-state index contributed by atoms with van der Waals surface area (Å²) in [5.41, 5.74) is 1.44. The van der Waals surface area contributed by atoms with Crippen molar-refractivity contribution in [3.63, 3.8) is 0 Å². The van der Waals surface area contributed by atoms with E-state index in [9.17, 15) is 4.79 Å². The number of carbonyl (C=O) groups is 1. The van der Waals surface area contributed by atoms with Crippen molar-refractivity contribution >= 4 is 11.6 Å². The van der Waals surface area contributed by atoms with Crippen LogP contribution in [-0.4, -0.2) is 61.0 Å². The second-order valence-electron chi connectivity index (χ2n) is 4.87. The van der Waals surface area contributed by atoms with E-state index in [0.29, 0.717) is 12.1 Å². The zero-order valence-corrected chi connectivity index (χ0v) is 12.5. The SMILES string of the molecule is CCN(C(=O)c1ccncc1NC)C(C)CN(C)C. The van der Waals surface area contributed by atoms with Gasteiger partial charge in [0.2, 0.25) is 0 Å². The highest BCUT2D eigenvalue weighted by atomic mass is 16.2. The van der Waals surface area contributed by atoms with Crippen LogP contribution in [0.25, 0.3) is 0 Å². The van der Waals surface area contributed by atoms with Gasteiger partial charge in [0, 0.05) is 32.4 Å². The largest absolute Gasteiger partial charge is 0.386 e. The molecular formula is C14H24N4O. The number of aromatic nitrogens is 1. The van der Waals surface area contributed by atoms with Crippen molar-refractivity contribution in [3.05, 3.63) is 24.0 Å². The summed E-state index contributed by atoms with van der Waals surface area (Å²) in [5.74, 6) is 0.0450. The van der Waals surface area contributed by atoms with Crippen LogP contribution < -0.4 is 5.32 Å². The summed E-state index contributed by atoms with van der Waals surface area (Å²) in [4.78, 5) is 20.6. The molecule has 0 aliphatic rings. The van der Waals surface area contributed by atoms with E-state index in [4.69, 9.17) is 0 Å². The van der Waals surface area contributed by atoms with Crippen molar-refractivity contribution in [2.24, 2.45) is 0 Å². The summed E-state index contributed by atoms with van der Waals surface area (Å²) in [6.45, 7) is 5.62. The molecule has 0 spiro atoms. The Bertz CT molecular complexity index is 420. The molecule has 0 radical (unpaired) electrons. The lowest BCUT2D eigenvalue weighted by molar-refractivity contribution is 0.0680. The minimum absolute atomic E-state index is 0.0450. The van der Waals surface area contributed by atoms with E-state index in [1.54, 1.807) is 25.5 Å². The van der Waals surface area contributed by atoms with Gasteiger partial charge in [-0.05, 0) is 34.0 Å². The first-order chi connectivity index (χ1) is 9.01. The van der Waals surface area contributed by atoms with Gasteiger partial charge in [0.1, 0.15) is 0 Å². The molecule has 0 fully saturated rings. The van der Waals surface area contributed by atoms with Crippen molar-refractivity contribution < 1.29 is 4.79 Å². The molecule has 0 saturated heterocycles. The minimum Gasteiger partial charge on any atom is -0.386 e. The lowest BCUT2D eigenvalue weighted by Gasteiger charge is -2.30. The Labute approximate surface area is 115 Å². The highest BCUT2D eigenvalue weighted by Gasteiger charge is 2.22. The number of carbonyl (C=O) groups excluding carboxylic acids is 1. The Morgan fingerprint density at radius 3 is 2.68 bits per heavy atom. The predicted molar refractivity (Wildman–Crippen MR) is 78.5 cm³/mol. The van der Waals surface area contributed by atoms with Crippen molar-refractivity contribution in [3.8, 4) is 0 Å². The molecule has 1 aromatic heterocycles. The maximum atomic E-state index is 12.6. The average molecular weight is 264 g/mol. The number of nitrogens with zero attached hydrogens (tertiary/aromatic N) is 3. The fourth-order valence-electron chi connectivity index (χ4n) is 2.22. The van der Waals surface area contributed by atoms with Gasteiger partial charge in [-0.1, -0.05) is 0 Å². The van der Waals surface area contributed by atoms with E-state index < -0.39 is 0 Å². The van der Waals surface area contributed by atoms with Crippen molar-refractivity contribution in [1.82, 2.24) is 14.8 Å². The number of pyridine rings is 1. The van der Waals surface area contributed by atoms with Gasteiger partial charge in [-0.3, -0.25) is 9.78 Å². The van der Waals surface area contributed by atoms with Gasteiger partial charge in [-0.25, -0.2) is 0 Å². The normalized spacial score (nSPS) is 12.3. The molecule has 1 N–H and O–H groups in total. The van der Waals surface area contributed by atoms with Crippen LogP contribution in [0, 0.1) is 0 Å². The molecule has 19 heavy (non-hydrogen) atoms. The van der Waals surface area contributed by atoms with Crippen LogP contribution in [0.15, 0.2) is 18.5 Å². The number of anilines is 1. The molecule has 5 heteroatoms. The molecule has 0 aliphatic carbocycles. The summed E-state index contributed by atoms with van der Waals surface area (Å²) in [6, 6.07) is 1.93. The van der Waals surface area contributed by atoms with Crippen molar-refractivity contribution in [2.75, 3.05) is 39.5 Å². The molecule has 0 aromatic carbocycles. The molecule has 1 atom stereocenters. The Morgan fingerprint density at radius 2 is 2.16 bits per heavy atom. The summed E-state index contributed by atoms with van der Waals surface area (Å²) in [7, 11) is 5.83. The monoisotopic (exact) mass is 264 g/mol. The van der Waals surface area contributed by atoms with E-state index in [0.717, 1.165) is 12.2 Å². The Kier molecular flexibility index (Phi) is 5.76. The number of rotatable bonds is 6. The summed E-state index contributed by atoms with van der Waals surface area (Å²) < 4.78 is 0. The van der Waals surface area contributed by atoms with Crippen LogP contribution in [0.4, 0.5) is 5.69 Å². The zero-order chi connectivity index (χ0) is 14.4. The number of amides is 1. The maximum absolute atomic E-state index is 12.6. The second-order valence-corrected chi connectivity index (χ2v) is 4.87. The van der Waals surface area contributed by atoms with Crippen LogP contribution in [0.1, 0.15) is 24.2 Å². The number of nitrogens with one attached hydrogen (secondary N) is 1. The second kappa shape index (κ2) is 7.09. The van der Waals surface area contributed by atoms with Gasteiger partial charge in [-0.2, -0.15) is 0 Å². The Balaban J connectivity index is 2.95. The molecular weight excluding hydrogens is 240 g/mol. The van der Waals surface area contributed by atoms with Crippen LogP contribution >= 0.6 is 0 Å². The molecule has 0 bridgehead atoms. The number of hydrogen-bond acceptors (Lipinski definition) is 4. The Morgan fingerprint density at radius 1 is 1.47 bits per heavy atom. The van der Waals surface area contributed by atoms with Gasteiger partial charge >= 0.3 is 0 Å². The molecule has 0 saturated carbocycles. The van der Waals surface area contributed by atoms with E-state index in [1.165, 1.54) is 0 Å². The van der Waals surface area contributed by atoms with E-state index in [1.807, 2.05) is 25.9 Å². The molecule has 1 heterocycles. The summed E-state index contributed by atoms with van der Waals surface area (Å²) in [6.07, 6.45) is 3.33. The van der Waals surface area contributed by atoms with E-state index >= 15 is 0 Å². The zero-order valence-electron chi connectivity index (χ0n) is 12.5. The molecule has 1 unspecified atom stereocenters. The van der Waals surface area contributed by atoms with Gasteiger partial charge in [0.05, 0.1) is 17.4 Å². The fourth-order valence-corrected chi connectivity index (χ4v) is 2.22. The molecule has 106 valence electrons. The third-order valence-corrected chi connectivity index (χ3v) is 3.08. The van der Waals surface area contributed by atoms with Gasteiger partial charge in [0.15, 0.2) is 0 Å². The van der Waals surface area contributed by atoms with Crippen molar-refractivity contribution in [1.29, 1.82) is 0 Å².